The maximum atomic E-state index is 11.4. The SMILES string of the molecule is CC(=O)Oc1ccc(-c2cccc(C[C@H](C)C(=O)O)c2N)cc1OC(C)=O. The van der Waals surface area contributed by atoms with Crippen molar-refractivity contribution in [1.29, 1.82) is 0 Å². The minimum absolute atomic E-state index is 0.0962. The molecule has 3 N–H and O–H groups in total. The highest BCUT2D eigenvalue weighted by atomic mass is 16.6. The lowest BCUT2D eigenvalue weighted by Crippen LogP contribution is -2.13. The molecule has 2 aromatic carbocycles. The molecule has 0 unspecified atom stereocenters. The predicted molar refractivity (Wildman–Crippen MR) is 99.4 cm³/mol. The van der Waals surface area contributed by atoms with Gasteiger partial charge >= 0.3 is 17.9 Å². The number of hydrogen-bond donors (Lipinski definition) is 2. The minimum Gasteiger partial charge on any atom is -0.481 e. The topological polar surface area (TPSA) is 116 Å². The first-order chi connectivity index (χ1) is 12.7. The van der Waals surface area contributed by atoms with Crippen molar-refractivity contribution in [3.8, 4) is 22.6 Å². The highest BCUT2D eigenvalue weighted by molar-refractivity contribution is 5.82. The average Bonchev–Trinajstić information content (AvgIpc) is 2.57. The number of carbonyl (C=O) groups is 3. The quantitative estimate of drug-likeness (QED) is 0.455. The van der Waals surface area contributed by atoms with Crippen LogP contribution in [0.5, 0.6) is 11.5 Å². The Labute approximate surface area is 156 Å². The number of para-hydroxylation sites is 1. The van der Waals surface area contributed by atoms with Crippen molar-refractivity contribution in [3.05, 3.63) is 42.0 Å². The Morgan fingerprint density at radius 2 is 1.67 bits per heavy atom. The zero-order valence-electron chi connectivity index (χ0n) is 15.3. The van der Waals surface area contributed by atoms with Crippen LogP contribution in [-0.2, 0) is 20.8 Å². The number of aliphatic carboxylic acids is 1. The molecule has 2 aromatic rings. The number of carboxylic acids is 1. The number of carboxylic acid groups (broad SMARTS) is 1. The van der Waals surface area contributed by atoms with Crippen molar-refractivity contribution < 1.29 is 29.0 Å². The molecule has 0 saturated heterocycles. The Morgan fingerprint density at radius 3 is 2.26 bits per heavy atom. The van der Waals surface area contributed by atoms with Gasteiger partial charge in [-0.15, -0.1) is 0 Å². The van der Waals surface area contributed by atoms with Crippen LogP contribution in [0.1, 0.15) is 26.3 Å². The number of benzene rings is 2. The molecule has 0 aliphatic carbocycles. The van der Waals surface area contributed by atoms with E-state index >= 15 is 0 Å². The van der Waals surface area contributed by atoms with Crippen molar-refractivity contribution in [2.75, 3.05) is 5.73 Å². The maximum Gasteiger partial charge on any atom is 0.308 e. The molecule has 27 heavy (non-hydrogen) atoms. The minimum atomic E-state index is -0.900. The molecular weight excluding hydrogens is 350 g/mol. The van der Waals surface area contributed by atoms with Gasteiger partial charge in [-0.2, -0.15) is 0 Å². The lowest BCUT2D eigenvalue weighted by Gasteiger charge is -2.15. The zero-order chi connectivity index (χ0) is 20.1. The number of nitrogens with two attached hydrogens (primary N) is 1. The lowest BCUT2D eigenvalue weighted by atomic mass is 9.94. The normalized spacial score (nSPS) is 11.5. The molecule has 2 rings (SSSR count). The number of ether oxygens (including phenoxy) is 2. The molecule has 0 bridgehead atoms. The molecule has 0 aliphatic rings. The smallest absolute Gasteiger partial charge is 0.308 e. The monoisotopic (exact) mass is 371 g/mol. The van der Waals surface area contributed by atoms with E-state index in [1.54, 1.807) is 37.3 Å². The van der Waals surface area contributed by atoms with Crippen molar-refractivity contribution in [2.45, 2.75) is 27.2 Å². The van der Waals surface area contributed by atoms with E-state index in [-0.39, 0.29) is 17.9 Å². The van der Waals surface area contributed by atoms with Crippen LogP contribution in [0.25, 0.3) is 11.1 Å². The third kappa shape index (κ3) is 5.07. The van der Waals surface area contributed by atoms with Crippen LogP contribution in [0, 0.1) is 5.92 Å². The Kier molecular flexibility index (Phi) is 6.18. The highest BCUT2D eigenvalue weighted by Gasteiger charge is 2.17. The summed E-state index contributed by atoms with van der Waals surface area (Å²) in [4.78, 5) is 33.7. The van der Waals surface area contributed by atoms with E-state index in [9.17, 15) is 14.4 Å². The third-order valence-electron chi connectivity index (χ3n) is 3.91. The van der Waals surface area contributed by atoms with Gasteiger partial charge in [0.05, 0.1) is 5.92 Å². The number of rotatable bonds is 6. The third-order valence-corrected chi connectivity index (χ3v) is 3.91. The molecule has 1 atom stereocenters. The second-order valence-corrected chi connectivity index (χ2v) is 6.17. The van der Waals surface area contributed by atoms with Gasteiger partial charge < -0.3 is 20.3 Å². The summed E-state index contributed by atoms with van der Waals surface area (Å²) in [7, 11) is 0. The van der Waals surface area contributed by atoms with Crippen LogP contribution in [-0.4, -0.2) is 23.0 Å². The Bertz CT molecular complexity index is 890. The summed E-state index contributed by atoms with van der Waals surface area (Å²) in [6.45, 7) is 4.10. The highest BCUT2D eigenvalue weighted by Crippen LogP contribution is 2.36. The Balaban J connectivity index is 2.47. The summed E-state index contributed by atoms with van der Waals surface area (Å²) in [5.41, 5.74) is 8.70. The van der Waals surface area contributed by atoms with Crippen molar-refractivity contribution >= 4 is 23.6 Å². The van der Waals surface area contributed by atoms with Gasteiger partial charge in [-0.05, 0) is 29.7 Å². The number of carbonyl (C=O) groups excluding carboxylic acids is 2. The Hall–Kier alpha value is -3.35. The molecular formula is C20H21NO6. The van der Waals surface area contributed by atoms with Gasteiger partial charge in [0, 0.05) is 25.1 Å². The first kappa shape index (κ1) is 20.0. The van der Waals surface area contributed by atoms with Crippen LogP contribution < -0.4 is 15.2 Å². The summed E-state index contributed by atoms with van der Waals surface area (Å²) >= 11 is 0. The van der Waals surface area contributed by atoms with Crippen LogP contribution in [0.4, 0.5) is 5.69 Å². The van der Waals surface area contributed by atoms with Gasteiger partial charge in [-0.25, -0.2) is 0 Å². The molecule has 142 valence electrons. The van der Waals surface area contributed by atoms with Gasteiger partial charge in [0.25, 0.3) is 0 Å². The summed E-state index contributed by atoms with van der Waals surface area (Å²) in [6.07, 6.45) is 0.289. The fourth-order valence-corrected chi connectivity index (χ4v) is 2.61. The van der Waals surface area contributed by atoms with E-state index in [0.29, 0.717) is 22.4 Å². The molecule has 0 aliphatic heterocycles. The second-order valence-electron chi connectivity index (χ2n) is 6.17. The van der Waals surface area contributed by atoms with E-state index in [2.05, 4.69) is 0 Å². The molecule has 0 radical (unpaired) electrons. The molecule has 0 amide bonds. The zero-order valence-corrected chi connectivity index (χ0v) is 15.3. The first-order valence-electron chi connectivity index (χ1n) is 8.30. The molecule has 0 heterocycles. The lowest BCUT2D eigenvalue weighted by molar-refractivity contribution is -0.141. The average molecular weight is 371 g/mol. The number of nitrogen functional groups attached to an aromatic ring is 1. The fourth-order valence-electron chi connectivity index (χ4n) is 2.61. The molecule has 0 aromatic heterocycles. The molecule has 7 nitrogen and oxygen atoms in total. The van der Waals surface area contributed by atoms with Crippen LogP contribution >= 0.6 is 0 Å². The molecule has 0 saturated carbocycles. The van der Waals surface area contributed by atoms with Crippen molar-refractivity contribution in [2.24, 2.45) is 5.92 Å². The molecule has 0 fully saturated rings. The van der Waals surface area contributed by atoms with E-state index in [0.717, 1.165) is 0 Å². The van der Waals surface area contributed by atoms with E-state index in [1.807, 2.05) is 0 Å². The van der Waals surface area contributed by atoms with Gasteiger partial charge in [0.1, 0.15) is 0 Å². The molecule has 7 heteroatoms. The van der Waals surface area contributed by atoms with Crippen LogP contribution in [0.3, 0.4) is 0 Å². The van der Waals surface area contributed by atoms with Crippen molar-refractivity contribution in [1.82, 2.24) is 0 Å². The van der Waals surface area contributed by atoms with Gasteiger partial charge in [0.15, 0.2) is 11.5 Å². The largest absolute Gasteiger partial charge is 0.481 e. The van der Waals surface area contributed by atoms with Gasteiger partial charge in [0.2, 0.25) is 0 Å². The summed E-state index contributed by atoms with van der Waals surface area (Å²) in [5.74, 6) is -2.36. The molecule has 0 spiro atoms. The van der Waals surface area contributed by atoms with E-state index < -0.39 is 23.8 Å². The van der Waals surface area contributed by atoms with Crippen LogP contribution in [0.2, 0.25) is 0 Å². The number of esters is 2. The number of anilines is 1. The standard InChI is InChI=1S/C20H21NO6/c1-11(20(24)25)9-15-5-4-6-16(19(15)21)14-7-8-17(26-12(2)22)18(10-14)27-13(3)23/h4-8,10-11H,9,21H2,1-3H3,(H,24,25)/t11-/m0/s1. The summed E-state index contributed by atoms with van der Waals surface area (Å²) < 4.78 is 10.2. The van der Waals surface area contributed by atoms with Gasteiger partial charge in [-0.3, -0.25) is 14.4 Å². The second kappa shape index (κ2) is 8.35. The van der Waals surface area contributed by atoms with Gasteiger partial charge in [-0.1, -0.05) is 31.2 Å². The maximum absolute atomic E-state index is 11.4. The number of hydrogen-bond acceptors (Lipinski definition) is 6. The predicted octanol–water partition coefficient (Wildman–Crippen LogP) is 3.05. The Morgan fingerprint density at radius 1 is 1.04 bits per heavy atom. The first-order valence-corrected chi connectivity index (χ1v) is 8.30. The summed E-state index contributed by atoms with van der Waals surface area (Å²) in [5, 5.41) is 9.11. The van der Waals surface area contributed by atoms with Crippen molar-refractivity contribution in [3.63, 3.8) is 0 Å². The fraction of sp³-hybridized carbons (Fsp3) is 0.250. The van der Waals surface area contributed by atoms with Crippen LogP contribution in [0.15, 0.2) is 36.4 Å². The summed E-state index contributed by atoms with van der Waals surface area (Å²) in [6, 6.07) is 10.1. The van der Waals surface area contributed by atoms with E-state index in [1.165, 1.54) is 19.9 Å². The van der Waals surface area contributed by atoms with E-state index in [4.69, 9.17) is 20.3 Å².